The number of halogens is 4. The third-order valence-electron chi connectivity index (χ3n) is 2.26. The van der Waals surface area contributed by atoms with Crippen molar-refractivity contribution in [2.24, 2.45) is 0 Å². The van der Waals surface area contributed by atoms with E-state index in [1.165, 1.54) is 19.3 Å². The van der Waals surface area contributed by atoms with Crippen LogP contribution in [0.2, 0.25) is 0 Å². The van der Waals surface area contributed by atoms with Gasteiger partial charge in [-0.25, -0.2) is 9.37 Å². The molecule has 0 unspecified atom stereocenters. The molecule has 2 aromatic rings. The number of pyridine rings is 1. The number of nitrogens with zero attached hydrogens (tertiary/aromatic N) is 2. The maximum absolute atomic E-state index is 13.5. The highest BCUT2D eigenvalue weighted by atomic mass is 32.1. The smallest absolute Gasteiger partial charge is 0.315 e. The monoisotopic (exact) mass is 291 g/mol. The lowest BCUT2D eigenvalue weighted by molar-refractivity contribution is -0.141. The van der Waals surface area contributed by atoms with Crippen LogP contribution in [0.1, 0.15) is 10.6 Å². The van der Waals surface area contributed by atoms with Crippen LogP contribution in [0.5, 0.6) is 0 Å². The summed E-state index contributed by atoms with van der Waals surface area (Å²) in [7, 11) is 1.53. The van der Waals surface area contributed by atoms with Gasteiger partial charge in [-0.3, -0.25) is 4.98 Å². The molecule has 2 aromatic heterocycles. The lowest BCUT2D eigenvalue weighted by atomic mass is 10.3. The van der Waals surface area contributed by atoms with Gasteiger partial charge in [-0.05, 0) is 19.2 Å². The molecule has 0 saturated heterocycles. The van der Waals surface area contributed by atoms with Crippen molar-refractivity contribution in [3.05, 3.63) is 34.7 Å². The normalized spacial score (nSPS) is 11.8. The van der Waals surface area contributed by atoms with Crippen LogP contribution in [0.15, 0.2) is 18.3 Å². The zero-order valence-electron chi connectivity index (χ0n) is 9.75. The van der Waals surface area contributed by atoms with Crippen molar-refractivity contribution in [3.63, 3.8) is 0 Å². The molecular formula is C11H9F4N3S. The number of nitrogens with one attached hydrogen (secondary N) is 1. The number of alkyl halides is 3. The second-order valence-electron chi connectivity index (χ2n) is 3.65. The van der Waals surface area contributed by atoms with Crippen molar-refractivity contribution >= 4 is 11.3 Å². The molecule has 102 valence electrons. The standard InChI is InChI=1S/C11H9F4N3S/c1-16-5-7-9(11(13,14)15)18-10(19-7)8-6(12)3-2-4-17-8/h2-4,16H,5H2,1H3. The van der Waals surface area contributed by atoms with Crippen LogP contribution in [0, 0.1) is 5.82 Å². The molecule has 0 spiro atoms. The molecule has 0 saturated carbocycles. The average molecular weight is 291 g/mol. The molecule has 0 aliphatic heterocycles. The number of rotatable bonds is 3. The Morgan fingerprint density at radius 3 is 2.68 bits per heavy atom. The van der Waals surface area contributed by atoms with Gasteiger partial charge in [0.2, 0.25) is 0 Å². The fourth-order valence-electron chi connectivity index (χ4n) is 1.50. The Morgan fingerprint density at radius 1 is 1.37 bits per heavy atom. The molecule has 0 atom stereocenters. The number of hydrogen-bond donors (Lipinski definition) is 1. The van der Waals surface area contributed by atoms with Crippen molar-refractivity contribution in [2.45, 2.75) is 12.7 Å². The van der Waals surface area contributed by atoms with E-state index < -0.39 is 17.7 Å². The molecule has 0 amide bonds. The van der Waals surface area contributed by atoms with E-state index in [2.05, 4.69) is 15.3 Å². The molecule has 0 aliphatic carbocycles. The third-order valence-corrected chi connectivity index (χ3v) is 3.33. The topological polar surface area (TPSA) is 37.8 Å². The highest BCUT2D eigenvalue weighted by Crippen LogP contribution is 2.37. The van der Waals surface area contributed by atoms with Crippen molar-refractivity contribution < 1.29 is 17.6 Å². The predicted molar refractivity (Wildman–Crippen MR) is 63.1 cm³/mol. The highest BCUT2D eigenvalue weighted by Gasteiger charge is 2.37. The van der Waals surface area contributed by atoms with Crippen molar-refractivity contribution in [1.82, 2.24) is 15.3 Å². The maximum Gasteiger partial charge on any atom is 0.434 e. The van der Waals surface area contributed by atoms with E-state index in [9.17, 15) is 17.6 Å². The van der Waals surface area contributed by atoms with E-state index in [1.807, 2.05) is 0 Å². The van der Waals surface area contributed by atoms with Crippen LogP contribution in [0.25, 0.3) is 10.7 Å². The van der Waals surface area contributed by atoms with Gasteiger partial charge in [0.1, 0.15) is 10.7 Å². The molecule has 8 heteroatoms. The van der Waals surface area contributed by atoms with E-state index >= 15 is 0 Å². The predicted octanol–water partition coefficient (Wildman–Crippen LogP) is 3.08. The van der Waals surface area contributed by atoms with Gasteiger partial charge in [0.05, 0.1) is 4.88 Å². The summed E-state index contributed by atoms with van der Waals surface area (Å²) in [5, 5.41) is 2.56. The van der Waals surface area contributed by atoms with E-state index in [1.54, 1.807) is 0 Å². The average Bonchev–Trinajstić information content (AvgIpc) is 2.74. The fraction of sp³-hybridized carbons (Fsp3) is 0.273. The molecule has 0 radical (unpaired) electrons. The summed E-state index contributed by atoms with van der Waals surface area (Å²) in [6.07, 6.45) is -3.25. The van der Waals surface area contributed by atoms with Crippen LogP contribution in [-0.2, 0) is 12.7 Å². The summed E-state index contributed by atoms with van der Waals surface area (Å²) in [5.74, 6) is -0.694. The number of aromatic nitrogens is 2. The Labute approximate surface area is 110 Å². The maximum atomic E-state index is 13.5. The first-order chi connectivity index (χ1) is 8.93. The van der Waals surface area contributed by atoms with Crippen molar-refractivity contribution in [1.29, 1.82) is 0 Å². The Hall–Kier alpha value is -1.54. The molecular weight excluding hydrogens is 282 g/mol. The molecule has 1 N–H and O–H groups in total. The van der Waals surface area contributed by atoms with Crippen LogP contribution >= 0.6 is 11.3 Å². The molecule has 19 heavy (non-hydrogen) atoms. The van der Waals surface area contributed by atoms with Gasteiger partial charge in [0, 0.05) is 12.7 Å². The SMILES string of the molecule is CNCc1sc(-c2ncccc2F)nc1C(F)(F)F. The second-order valence-corrected chi connectivity index (χ2v) is 4.74. The molecule has 3 nitrogen and oxygen atoms in total. The number of thiazole rings is 1. The molecule has 0 bridgehead atoms. The quantitative estimate of drug-likeness (QED) is 0.883. The van der Waals surface area contributed by atoms with Crippen LogP contribution in [0.4, 0.5) is 17.6 Å². The number of hydrogen-bond acceptors (Lipinski definition) is 4. The molecule has 2 heterocycles. The summed E-state index contributed by atoms with van der Waals surface area (Å²) in [4.78, 5) is 7.22. The molecule has 0 aromatic carbocycles. The van der Waals surface area contributed by atoms with Gasteiger partial charge in [0.15, 0.2) is 11.5 Å². The van der Waals surface area contributed by atoms with Gasteiger partial charge < -0.3 is 5.32 Å². The Kier molecular flexibility index (Phi) is 3.81. The van der Waals surface area contributed by atoms with Gasteiger partial charge in [-0.15, -0.1) is 11.3 Å². The zero-order chi connectivity index (χ0) is 14.0. The fourth-order valence-corrected chi connectivity index (χ4v) is 2.59. The summed E-state index contributed by atoms with van der Waals surface area (Å²) < 4.78 is 51.9. The second kappa shape index (κ2) is 5.22. The van der Waals surface area contributed by atoms with E-state index in [0.717, 1.165) is 17.4 Å². The minimum atomic E-state index is -4.56. The van der Waals surface area contributed by atoms with Crippen molar-refractivity contribution in [2.75, 3.05) is 7.05 Å². The molecule has 0 aliphatic rings. The summed E-state index contributed by atoms with van der Waals surface area (Å²) >= 11 is 0.782. The first-order valence-electron chi connectivity index (χ1n) is 5.26. The van der Waals surface area contributed by atoms with Crippen LogP contribution in [0.3, 0.4) is 0 Å². The summed E-state index contributed by atoms with van der Waals surface area (Å²) in [5.41, 5.74) is -1.16. The first-order valence-corrected chi connectivity index (χ1v) is 6.07. The van der Waals surface area contributed by atoms with Crippen LogP contribution in [-0.4, -0.2) is 17.0 Å². The zero-order valence-corrected chi connectivity index (χ0v) is 10.6. The summed E-state index contributed by atoms with van der Waals surface area (Å²) in [6.45, 7) is 0.0148. The first kappa shape index (κ1) is 13.9. The van der Waals surface area contributed by atoms with Gasteiger partial charge in [0.25, 0.3) is 0 Å². The lowest BCUT2D eigenvalue weighted by Crippen LogP contribution is -2.12. The Bertz CT molecular complexity index is 580. The lowest BCUT2D eigenvalue weighted by Gasteiger charge is -2.04. The Morgan fingerprint density at radius 2 is 2.11 bits per heavy atom. The summed E-state index contributed by atoms with van der Waals surface area (Å²) in [6, 6.07) is 2.50. The minimum Gasteiger partial charge on any atom is -0.315 e. The van der Waals surface area contributed by atoms with Crippen LogP contribution < -0.4 is 5.32 Å². The van der Waals surface area contributed by atoms with E-state index in [-0.39, 0.29) is 22.1 Å². The highest BCUT2D eigenvalue weighted by molar-refractivity contribution is 7.15. The van der Waals surface area contributed by atoms with Gasteiger partial charge >= 0.3 is 6.18 Å². The minimum absolute atomic E-state index is 0.00931. The van der Waals surface area contributed by atoms with Gasteiger partial charge in [-0.2, -0.15) is 13.2 Å². The van der Waals surface area contributed by atoms with E-state index in [4.69, 9.17) is 0 Å². The van der Waals surface area contributed by atoms with Gasteiger partial charge in [-0.1, -0.05) is 0 Å². The van der Waals surface area contributed by atoms with Crippen molar-refractivity contribution in [3.8, 4) is 10.7 Å². The Balaban J connectivity index is 2.52. The third kappa shape index (κ3) is 2.90. The molecule has 2 rings (SSSR count). The van der Waals surface area contributed by atoms with E-state index in [0.29, 0.717) is 0 Å². The molecule has 0 fully saturated rings. The largest absolute Gasteiger partial charge is 0.434 e.